The van der Waals surface area contributed by atoms with Gasteiger partial charge in [-0.2, -0.15) is 0 Å². The van der Waals surface area contributed by atoms with E-state index in [-0.39, 0.29) is 61.4 Å². The van der Waals surface area contributed by atoms with Crippen molar-refractivity contribution in [2.75, 3.05) is 18.1 Å². The van der Waals surface area contributed by atoms with Crippen molar-refractivity contribution in [3.05, 3.63) is 99.7 Å². The Bertz CT molecular complexity index is 2410. The zero-order chi connectivity index (χ0) is 47.8. The molecular formula is C52H66N6O8S. The van der Waals surface area contributed by atoms with Gasteiger partial charge in [0.2, 0.25) is 29.5 Å². The Morgan fingerprint density at radius 2 is 1.75 bits per heavy atom. The molecule has 1 saturated heterocycles. The van der Waals surface area contributed by atoms with E-state index in [1.165, 1.54) is 10.5 Å². The molecule has 0 spiro atoms. The number of carbonyl (C=O) groups is 5. The molecule has 358 valence electrons. The number of hydrogen-bond donors (Lipinski definition) is 4. The highest BCUT2D eigenvalue weighted by Gasteiger charge is 2.42. The number of primary amides is 1. The first-order valence-corrected chi connectivity index (χ1v) is 24.5. The van der Waals surface area contributed by atoms with Crippen molar-refractivity contribution in [3.8, 4) is 16.2 Å². The van der Waals surface area contributed by atoms with E-state index in [9.17, 15) is 29.1 Å². The zero-order valence-corrected chi connectivity index (χ0v) is 40.3. The van der Waals surface area contributed by atoms with E-state index in [4.69, 9.17) is 15.2 Å². The van der Waals surface area contributed by atoms with Crippen LogP contribution in [0.15, 0.2) is 66.2 Å². The maximum absolute atomic E-state index is 13.9. The highest BCUT2D eigenvalue weighted by molar-refractivity contribution is 7.13. The van der Waals surface area contributed by atoms with Crippen molar-refractivity contribution in [3.63, 3.8) is 0 Å². The number of para-hydroxylation sites is 1. The monoisotopic (exact) mass is 934 g/mol. The van der Waals surface area contributed by atoms with Gasteiger partial charge in [-0.05, 0) is 91.7 Å². The maximum atomic E-state index is 13.9. The van der Waals surface area contributed by atoms with Crippen LogP contribution in [0, 0.1) is 12.3 Å². The molecule has 5 amide bonds. The van der Waals surface area contributed by atoms with Crippen LogP contribution in [0.1, 0.15) is 113 Å². The van der Waals surface area contributed by atoms with Crippen molar-refractivity contribution in [2.24, 2.45) is 11.1 Å². The molecule has 0 aliphatic carbocycles. The number of unbranched alkanes of at least 4 members (excludes halogenated alkanes) is 1. The number of aromatic nitrogens is 1. The molecule has 0 bridgehead atoms. The fraction of sp³-hybridized carbons (Fsp3) is 0.500. The van der Waals surface area contributed by atoms with Gasteiger partial charge >= 0.3 is 0 Å². The molecule has 5 N–H and O–H groups in total. The number of β-amino-alcohol motifs (C(OH)–C–C–N with tert-alkyl or cyclic N) is 1. The predicted octanol–water partition coefficient (Wildman–Crippen LogP) is 6.48. The quantitative estimate of drug-likeness (QED) is 0.0718. The van der Waals surface area contributed by atoms with Crippen molar-refractivity contribution in [1.82, 2.24) is 20.5 Å². The van der Waals surface area contributed by atoms with Gasteiger partial charge in [-0.25, -0.2) is 4.98 Å². The van der Waals surface area contributed by atoms with Gasteiger partial charge in [0.25, 0.3) is 0 Å². The zero-order valence-electron chi connectivity index (χ0n) is 39.5. The lowest BCUT2D eigenvalue weighted by Gasteiger charge is -2.29. The normalized spacial score (nSPS) is 18.8. The summed E-state index contributed by atoms with van der Waals surface area (Å²) >= 11 is 1.56. The number of carbonyl (C=O) groups excluding carboxylic acids is 5. The van der Waals surface area contributed by atoms with Crippen LogP contribution in [0.2, 0.25) is 0 Å². The Morgan fingerprint density at radius 1 is 0.985 bits per heavy atom. The van der Waals surface area contributed by atoms with Crippen molar-refractivity contribution in [1.29, 1.82) is 0 Å². The number of likely N-dealkylation sites (tertiary alicyclic amines) is 1. The van der Waals surface area contributed by atoms with Crippen LogP contribution in [-0.4, -0.2) is 88.0 Å². The number of nitrogens with zero attached hydrogens (tertiary/aromatic N) is 3. The average molecular weight is 935 g/mol. The molecule has 5 atom stereocenters. The highest BCUT2D eigenvalue weighted by Crippen LogP contribution is 2.39. The number of aliphatic hydroxyl groups excluding tert-OH is 1. The van der Waals surface area contributed by atoms with Gasteiger partial charge in [0.15, 0.2) is 0 Å². The molecule has 0 unspecified atom stereocenters. The maximum Gasteiger partial charge on any atom is 0.243 e. The molecule has 7 rings (SSSR count). The molecular weight excluding hydrogens is 869 g/mol. The second kappa shape index (κ2) is 22.0. The number of ether oxygens (including phenoxy) is 2. The lowest BCUT2D eigenvalue weighted by Crippen LogP contribution is -2.53. The molecule has 3 aliphatic rings. The number of rotatable bonds is 20. The van der Waals surface area contributed by atoms with Crippen LogP contribution >= 0.6 is 11.3 Å². The first kappa shape index (κ1) is 49.3. The third-order valence-corrected chi connectivity index (χ3v) is 13.9. The molecule has 0 radical (unpaired) electrons. The van der Waals surface area contributed by atoms with Crippen LogP contribution in [0.3, 0.4) is 0 Å². The molecule has 67 heavy (non-hydrogen) atoms. The number of nitrogens with one attached hydrogen (secondary N) is 2. The lowest BCUT2D eigenvalue weighted by atomic mass is 9.91. The molecule has 4 aromatic rings. The minimum atomic E-state index is -0.746. The summed E-state index contributed by atoms with van der Waals surface area (Å²) in [5.74, 6) is -0.532. The summed E-state index contributed by atoms with van der Waals surface area (Å²) in [6, 6.07) is 18.3. The fourth-order valence-electron chi connectivity index (χ4n) is 9.34. The molecule has 4 heterocycles. The van der Waals surface area contributed by atoms with Crippen LogP contribution in [-0.2, 0) is 61.1 Å². The summed E-state index contributed by atoms with van der Waals surface area (Å²) in [4.78, 5) is 74.2. The van der Waals surface area contributed by atoms with Crippen LogP contribution in [0.5, 0.6) is 5.75 Å². The van der Waals surface area contributed by atoms with E-state index in [2.05, 4.69) is 27.8 Å². The van der Waals surface area contributed by atoms with Gasteiger partial charge in [-0.3, -0.25) is 28.9 Å². The van der Waals surface area contributed by atoms with E-state index >= 15 is 0 Å². The van der Waals surface area contributed by atoms with E-state index in [0.29, 0.717) is 38.2 Å². The Morgan fingerprint density at radius 3 is 2.48 bits per heavy atom. The van der Waals surface area contributed by atoms with Crippen LogP contribution < -0.4 is 26.0 Å². The Kier molecular flexibility index (Phi) is 16.2. The molecule has 1 fully saturated rings. The first-order chi connectivity index (χ1) is 32.0. The number of benzene rings is 3. The summed E-state index contributed by atoms with van der Waals surface area (Å²) in [6.45, 7) is 10.9. The van der Waals surface area contributed by atoms with E-state index in [1.54, 1.807) is 16.2 Å². The summed E-state index contributed by atoms with van der Waals surface area (Å²) in [5.41, 5.74) is 14.9. The van der Waals surface area contributed by atoms with Gasteiger partial charge in [0.1, 0.15) is 17.8 Å². The second-order valence-electron chi connectivity index (χ2n) is 19.5. The van der Waals surface area contributed by atoms with E-state index in [1.807, 2.05) is 88.7 Å². The highest BCUT2D eigenvalue weighted by atomic mass is 32.1. The minimum absolute atomic E-state index is 0.0432. The third kappa shape index (κ3) is 12.7. The topological polar surface area (TPSA) is 193 Å². The SMILES string of the molecule is Cc1ncsc1-c1ccc(CNC(=O)[C@@H]2C[C@@H](O)CN2C(=O)CC(C)(C)C)c(OCCCCc2ccc(CO[C@H](C)[C@H](CCC(N)=O)NC(=O)[C@@H]3Cc4cccc5c4N3C(=O)CCC5)cc2)c1. The summed E-state index contributed by atoms with van der Waals surface area (Å²) in [6.07, 6.45) is 4.60. The molecule has 0 saturated carbocycles. The molecule has 1 aromatic heterocycles. The Hall–Kier alpha value is -5.64. The van der Waals surface area contributed by atoms with E-state index in [0.717, 1.165) is 76.2 Å². The number of hydrogen-bond acceptors (Lipinski definition) is 10. The minimum Gasteiger partial charge on any atom is -0.493 e. The molecule has 3 aliphatic heterocycles. The predicted molar refractivity (Wildman–Crippen MR) is 258 cm³/mol. The molecule has 15 heteroatoms. The summed E-state index contributed by atoms with van der Waals surface area (Å²) < 4.78 is 12.7. The Balaban J connectivity index is 0.901. The lowest BCUT2D eigenvalue weighted by molar-refractivity contribution is -0.140. The number of thiazole rings is 1. The summed E-state index contributed by atoms with van der Waals surface area (Å²) in [7, 11) is 0. The van der Waals surface area contributed by atoms with E-state index < -0.39 is 36.2 Å². The molecule has 14 nitrogen and oxygen atoms in total. The smallest absolute Gasteiger partial charge is 0.243 e. The van der Waals surface area contributed by atoms with Gasteiger partial charge in [-0.1, -0.05) is 75.4 Å². The van der Waals surface area contributed by atoms with Gasteiger partial charge in [0, 0.05) is 50.8 Å². The van der Waals surface area contributed by atoms with Crippen LogP contribution in [0.25, 0.3) is 10.4 Å². The van der Waals surface area contributed by atoms with Gasteiger partial charge in [-0.15, -0.1) is 11.3 Å². The average Bonchev–Trinajstić information content (AvgIpc) is 3.99. The fourth-order valence-corrected chi connectivity index (χ4v) is 10.1. The third-order valence-electron chi connectivity index (χ3n) is 12.9. The largest absolute Gasteiger partial charge is 0.493 e. The number of amides is 5. The Labute approximate surface area is 398 Å². The van der Waals surface area contributed by atoms with Crippen molar-refractivity contribution >= 4 is 46.6 Å². The van der Waals surface area contributed by atoms with Crippen molar-refractivity contribution in [2.45, 2.75) is 149 Å². The van der Waals surface area contributed by atoms with Gasteiger partial charge < -0.3 is 35.8 Å². The number of aryl methyl sites for hydroxylation is 3. The summed E-state index contributed by atoms with van der Waals surface area (Å²) in [5, 5.41) is 16.5. The van der Waals surface area contributed by atoms with Crippen LogP contribution in [0.4, 0.5) is 5.69 Å². The number of aliphatic hydroxyl groups is 1. The number of nitrogens with two attached hydrogens (primary N) is 1. The number of anilines is 1. The van der Waals surface area contributed by atoms with Crippen molar-refractivity contribution < 1.29 is 38.6 Å². The standard InChI is InChI=1S/C52H66N6O8S/c1-32-49(67-31-55-32)38-19-20-39(28-54-50(63)42-26-40(59)29-57(42)47(62)27-52(3,4)5)44(25-38)65-23-7-6-10-34-15-17-35(18-16-34)30-66-33(2)41(21-22-45(53)60)56-51(64)43-24-37-13-8-11-36-12-9-14-46(61)58(43)48(36)37/h8,11,13,15-20,25,31,33,40-43,59H,6-7,9-10,12,14,21-24,26-30H2,1-5H3,(H2,53,60)(H,54,63)(H,56,64)/t33-,40-,41+,42+,43+/m1/s1. The first-order valence-electron chi connectivity index (χ1n) is 23.7. The van der Waals surface area contributed by atoms with Gasteiger partial charge in [0.05, 0.1) is 53.2 Å². The second-order valence-corrected chi connectivity index (χ2v) is 20.4. The molecule has 3 aromatic carbocycles.